The molecule has 0 spiro atoms. The zero-order valence-electron chi connectivity index (χ0n) is 10.7. The Hall–Kier alpha value is -1.53. The maximum atomic E-state index is 8.88. The van der Waals surface area contributed by atoms with Crippen molar-refractivity contribution in [2.24, 2.45) is 0 Å². The molecule has 1 aromatic carbocycles. The smallest absolute Gasteiger partial charge is 0.121 e. The maximum Gasteiger partial charge on any atom is 0.121 e. The average molecular weight is 242 g/mol. The minimum Gasteiger partial charge on any atom is -0.490 e. The number of ether oxygens (including phenoxy) is 1. The first kappa shape index (κ1) is 11.6. The highest BCUT2D eigenvalue weighted by Gasteiger charge is 2.39. The predicted octanol–water partition coefficient (Wildman–Crippen LogP) is 2.56. The first-order valence-electron chi connectivity index (χ1n) is 6.65. The summed E-state index contributed by atoms with van der Waals surface area (Å²) in [5.41, 5.74) is 0.670. The number of rotatable bonds is 2. The number of benzene rings is 1. The summed E-state index contributed by atoms with van der Waals surface area (Å²) in [5.74, 6) is 0.836. The molecule has 3 rings (SSSR count). The monoisotopic (exact) mass is 242 g/mol. The van der Waals surface area contributed by atoms with Crippen LogP contribution in [0.15, 0.2) is 24.3 Å². The van der Waals surface area contributed by atoms with Crippen LogP contribution >= 0.6 is 0 Å². The van der Waals surface area contributed by atoms with Gasteiger partial charge in [0, 0.05) is 12.1 Å². The van der Waals surface area contributed by atoms with Crippen LogP contribution in [0.25, 0.3) is 0 Å². The van der Waals surface area contributed by atoms with Gasteiger partial charge in [0.1, 0.15) is 11.9 Å². The van der Waals surface area contributed by atoms with Gasteiger partial charge < -0.3 is 9.64 Å². The minimum absolute atomic E-state index is 0.313. The van der Waals surface area contributed by atoms with E-state index in [-0.39, 0.29) is 0 Å². The van der Waals surface area contributed by atoms with Crippen LogP contribution in [-0.4, -0.2) is 30.1 Å². The molecule has 2 bridgehead atoms. The molecule has 2 saturated heterocycles. The second kappa shape index (κ2) is 4.62. The van der Waals surface area contributed by atoms with Crippen molar-refractivity contribution in [3.05, 3.63) is 29.8 Å². The fourth-order valence-corrected chi connectivity index (χ4v) is 3.29. The van der Waals surface area contributed by atoms with E-state index >= 15 is 0 Å². The maximum absolute atomic E-state index is 8.88. The molecule has 0 N–H and O–H groups in total. The summed E-state index contributed by atoms with van der Waals surface area (Å²) in [5, 5.41) is 8.88. The topological polar surface area (TPSA) is 36.3 Å². The SMILES string of the molecule is CN1[C@@H]2CC[C@H]1C[C@@H](Oc1cccc(C#N)c1)C2. The van der Waals surface area contributed by atoms with Gasteiger partial charge in [-0.25, -0.2) is 0 Å². The molecule has 2 heterocycles. The average Bonchev–Trinajstić information content (AvgIpc) is 2.62. The van der Waals surface area contributed by atoms with E-state index in [0.29, 0.717) is 23.8 Å². The van der Waals surface area contributed by atoms with Gasteiger partial charge >= 0.3 is 0 Å². The molecule has 3 atom stereocenters. The number of hydrogen-bond acceptors (Lipinski definition) is 3. The van der Waals surface area contributed by atoms with Crippen molar-refractivity contribution in [2.45, 2.75) is 43.9 Å². The molecule has 2 aliphatic rings. The number of nitriles is 1. The molecule has 0 saturated carbocycles. The van der Waals surface area contributed by atoms with E-state index < -0.39 is 0 Å². The molecule has 18 heavy (non-hydrogen) atoms. The highest BCUT2D eigenvalue weighted by molar-refractivity contribution is 5.36. The van der Waals surface area contributed by atoms with E-state index in [1.165, 1.54) is 12.8 Å². The van der Waals surface area contributed by atoms with Crippen LogP contribution in [0.2, 0.25) is 0 Å². The first-order chi connectivity index (χ1) is 8.76. The molecule has 3 nitrogen and oxygen atoms in total. The van der Waals surface area contributed by atoms with Crippen LogP contribution in [0, 0.1) is 11.3 Å². The van der Waals surface area contributed by atoms with Gasteiger partial charge in [0.2, 0.25) is 0 Å². The minimum atomic E-state index is 0.313. The van der Waals surface area contributed by atoms with Crippen molar-refractivity contribution in [3.8, 4) is 11.8 Å². The van der Waals surface area contributed by atoms with Gasteiger partial charge in [0.25, 0.3) is 0 Å². The van der Waals surface area contributed by atoms with Crippen molar-refractivity contribution >= 4 is 0 Å². The van der Waals surface area contributed by atoms with Crippen molar-refractivity contribution in [2.75, 3.05) is 7.05 Å². The second-order valence-electron chi connectivity index (χ2n) is 5.40. The molecule has 0 unspecified atom stereocenters. The Bertz CT molecular complexity index is 466. The highest BCUT2D eigenvalue weighted by Crippen LogP contribution is 2.35. The van der Waals surface area contributed by atoms with Gasteiger partial charge in [-0.1, -0.05) is 6.07 Å². The molecule has 0 aromatic heterocycles. The summed E-state index contributed by atoms with van der Waals surface area (Å²) < 4.78 is 6.05. The lowest BCUT2D eigenvalue weighted by Gasteiger charge is -2.36. The van der Waals surface area contributed by atoms with E-state index in [4.69, 9.17) is 10.00 Å². The molecule has 2 aliphatic heterocycles. The van der Waals surface area contributed by atoms with Crippen LogP contribution < -0.4 is 4.74 Å². The zero-order chi connectivity index (χ0) is 12.5. The molecule has 2 fully saturated rings. The Morgan fingerprint density at radius 2 is 2.00 bits per heavy atom. The van der Waals surface area contributed by atoms with E-state index in [2.05, 4.69) is 18.0 Å². The Labute approximate surface area is 108 Å². The lowest BCUT2D eigenvalue weighted by atomic mass is 10.0. The van der Waals surface area contributed by atoms with Crippen molar-refractivity contribution in [3.63, 3.8) is 0 Å². The van der Waals surface area contributed by atoms with Gasteiger partial charge in [-0.2, -0.15) is 5.26 Å². The molecule has 0 aliphatic carbocycles. The summed E-state index contributed by atoms with van der Waals surface area (Å²) >= 11 is 0. The summed E-state index contributed by atoms with van der Waals surface area (Å²) in [6.07, 6.45) is 5.15. The van der Waals surface area contributed by atoms with Crippen LogP contribution in [0.5, 0.6) is 5.75 Å². The van der Waals surface area contributed by atoms with E-state index in [0.717, 1.165) is 18.6 Å². The number of nitrogens with zero attached hydrogens (tertiary/aromatic N) is 2. The summed E-state index contributed by atoms with van der Waals surface area (Å²) in [4.78, 5) is 2.51. The van der Waals surface area contributed by atoms with E-state index in [9.17, 15) is 0 Å². The highest BCUT2D eigenvalue weighted by atomic mass is 16.5. The van der Waals surface area contributed by atoms with Crippen LogP contribution in [-0.2, 0) is 0 Å². The fourth-order valence-electron chi connectivity index (χ4n) is 3.29. The standard InChI is InChI=1S/C15H18N2O/c1-17-12-5-6-13(17)9-15(8-12)18-14-4-2-3-11(7-14)10-16/h2-4,7,12-13,15H,5-6,8-9H2,1H3/t12-,13+,15+. The van der Waals surface area contributed by atoms with Crippen LogP contribution in [0.3, 0.4) is 0 Å². The summed E-state index contributed by atoms with van der Waals surface area (Å²) in [7, 11) is 2.23. The molecule has 94 valence electrons. The van der Waals surface area contributed by atoms with Crippen LogP contribution in [0.1, 0.15) is 31.2 Å². The van der Waals surface area contributed by atoms with Gasteiger partial charge in [0.05, 0.1) is 11.6 Å². The molecule has 1 aromatic rings. The number of fused-ring (bicyclic) bond motifs is 2. The normalized spacial score (nSPS) is 31.0. The lowest BCUT2D eigenvalue weighted by molar-refractivity contribution is 0.0661. The Kier molecular flexibility index (Phi) is 2.97. The Balaban J connectivity index is 1.69. The molecule has 3 heteroatoms. The predicted molar refractivity (Wildman–Crippen MR) is 69.4 cm³/mol. The van der Waals surface area contributed by atoms with Gasteiger partial charge in [-0.3, -0.25) is 0 Å². The molecular formula is C15H18N2O. The third kappa shape index (κ3) is 2.09. The number of piperidine rings is 1. The zero-order valence-corrected chi connectivity index (χ0v) is 10.7. The number of hydrogen-bond donors (Lipinski definition) is 0. The molecule has 0 radical (unpaired) electrons. The Morgan fingerprint density at radius 3 is 2.67 bits per heavy atom. The van der Waals surface area contributed by atoms with Crippen molar-refractivity contribution < 1.29 is 4.74 Å². The summed E-state index contributed by atoms with van der Waals surface area (Å²) in [6.45, 7) is 0. The first-order valence-corrected chi connectivity index (χ1v) is 6.65. The van der Waals surface area contributed by atoms with Crippen molar-refractivity contribution in [1.29, 1.82) is 5.26 Å². The summed E-state index contributed by atoms with van der Waals surface area (Å²) in [6, 6.07) is 11.0. The third-order valence-electron chi connectivity index (χ3n) is 4.32. The third-order valence-corrected chi connectivity index (χ3v) is 4.32. The lowest BCUT2D eigenvalue weighted by Crippen LogP contribution is -2.43. The van der Waals surface area contributed by atoms with Gasteiger partial charge in [0.15, 0.2) is 0 Å². The van der Waals surface area contributed by atoms with Gasteiger partial charge in [-0.05, 0) is 50.9 Å². The second-order valence-corrected chi connectivity index (χ2v) is 5.40. The van der Waals surface area contributed by atoms with E-state index in [1.54, 1.807) is 0 Å². The van der Waals surface area contributed by atoms with E-state index in [1.807, 2.05) is 24.3 Å². The van der Waals surface area contributed by atoms with Crippen molar-refractivity contribution in [1.82, 2.24) is 4.90 Å². The molecule has 0 amide bonds. The Morgan fingerprint density at radius 1 is 1.28 bits per heavy atom. The molecular weight excluding hydrogens is 224 g/mol. The fraction of sp³-hybridized carbons (Fsp3) is 0.533. The quantitative estimate of drug-likeness (QED) is 0.799. The largest absolute Gasteiger partial charge is 0.490 e. The van der Waals surface area contributed by atoms with Crippen LogP contribution in [0.4, 0.5) is 0 Å². The van der Waals surface area contributed by atoms with Gasteiger partial charge in [-0.15, -0.1) is 0 Å².